The van der Waals surface area contributed by atoms with E-state index in [0.717, 1.165) is 11.1 Å². The SMILES string of the molecule is O=C(c1ccc(SC(F)(F)F)cc1)N1CCN2C(=O)c3ccccc3C12c1ccccc1. The van der Waals surface area contributed by atoms with Crippen molar-refractivity contribution in [2.45, 2.75) is 16.1 Å². The van der Waals surface area contributed by atoms with Crippen LogP contribution in [0.5, 0.6) is 0 Å². The highest BCUT2D eigenvalue weighted by molar-refractivity contribution is 8.00. The van der Waals surface area contributed by atoms with Crippen molar-refractivity contribution in [2.75, 3.05) is 13.1 Å². The number of carbonyl (C=O) groups excluding carboxylic acids is 2. The molecule has 3 aromatic rings. The second-order valence-corrected chi connectivity index (χ2v) is 8.71. The summed E-state index contributed by atoms with van der Waals surface area (Å²) < 4.78 is 38.0. The summed E-state index contributed by atoms with van der Waals surface area (Å²) in [5, 5.41) is 0. The molecule has 0 bridgehead atoms. The van der Waals surface area contributed by atoms with E-state index in [2.05, 4.69) is 0 Å². The van der Waals surface area contributed by atoms with Crippen LogP contribution in [0.1, 0.15) is 31.8 Å². The standard InChI is InChI=1S/C24H17F3N2O2S/c25-24(26,27)32-18-12-10-16(11-13-18)21(30)28-14-15-29-22(31)19-8-4-5-9-20(19)23(28,29)17-6-2-1-3-7-17/h1-13H,14-15H2. The Kier molecular flexibility index (Phi) is 4.78. The van der Waals surface area contributed by atoms with Gasteiger partial charge in [0, 0.05) is 40.2 Å². The molecular formula is C24H17F3N2O2S. The van der Waals surface area contributed by atoms with Crippen LogP contribution < -0.4 is 0 Å². The first-order chi connectivity index (χ1) is 15.3. The fraction of sp³-hybridized carbons (Fsp3) is 0.167. The zero-order chi connectivity index (χ0) is 22.5. The molecule has 0 spiro atoms. The van der Waals surface area contributed by atoms with E-state index in [4.69, 9.17) is 0 Å². The van der Waals surface area contributed by atoms with Gasteiger partial charge in [-0.25, -0.2) is 0 Å². The van der Waals surface area contributed by atoms with Crippen LogP contribution in [0.25, 0.3) is 0 Å². The normalized spacial score (nSPS) is 19.8. The maximum Gasteiger partial charge on any atom is 0.446 e. The summed E-state index contributed by atoms with van der Waals surface area (Å²) in [4.78, 5) is 30.2. The molecule has 3 aromatic carbocycles. The largest absolute Gasteiger partial charge is 0.446 e. The van der Waals surface area contributed by atoms with Gasteiger partial charge in [0.15, 0.2) is 5.66 Å². The molecule has 0 aliphatic carbocycles. The minimum atomic E-state index is -4.40. The lowest BCUT2D eigenvalue weighted by atomic mass is 9.89. The average Bonchev–Trinajstić information content (AvgIpc) is 3.29. The van der Waals surface area contributed by atoms with Crippen LogP contribution in [0.3, 0.4) is 0 Å². The molecule has 0 aromatic heterocycles. The second kappa shape index (κ2) is 7.41. The highest BCUT2D eigenvalue weighted by atomic mass is 32.2. The molecule has 0 N–H and O–H groups in total. The molecule has 2 heterocycles. The summed E-state index contributed by atoms with van der Waals surface area (Å²) in [6.07, 6.45) is 0. The number of thioether (sulfide) groups is 1. The van der Waals surface area contributed by atoms with Gasteiger partial charge >= 0.3 is 5.51 Å². The summed E-state index contributed by atoms with van der Waals surface area (Å²) in [5.74, 6) is -0.485. The van der Waals surface area contributed by atoms with E-state index in [-0.39, 0.29) is 34.0 Å². The smallest absolute Gasteiger partial charge is 0.306 e. The van der Waals surface area contributed by atoms with Crippen LogP contribution in [-0.2, 0) is 5.66 Å². The zero-order valence-corrected chi connectivity index (χ0v) is 17.5. The van der Waals surface area contributed by atoms with Crippen molar-refractivity contribution in [1.29, 1.82) is 0 Å². The van der Waals surface area contributed by atoms with Gasteiger partial charge in [0.2, 0.25) is 0 Å². The quantitative estimate of drug-likeness (QED) is 0.517. The Balaban J connectivity index is 1.60. The monoisotopic (exact) mass is 454 g/mol. The third-order valence-electron chi connectivity index (χ3n) is 5.86. The van der Waals surface area contributed by atoms with Gasteiger partial charge < -0.3 is 9.80 Å². The molecule has 2 aliphatic heterocycles. The van der Waals surface area contributed by atoms with Crippen molar-refractivity contribution in [3.63, 3.8) is 0 Å². The van der Waals surface area contributed by atoms with Crippen molar-refractivity contribution in [1.82, 2.24) is 9.80 Å². The van der Waals surface area contributed by atoms with Gasteiger partial charge in [-0.3, -0.25) is 9.59 Å². The Morgan fingerprint density at radius 2 is 1.53 bits per heavy atom. The fourth-order valence-corrected chi connectivity index (χ4v) is 5.21. The summed E-state index contributed by atoms with van der Waals surface area (Å²) in [7, 11) is 0. The fourth-order valence-electron chi connectivity index (χ4n) is 4.67. The number of hydrogen-bond donors (Lipinski definition) is 0. The maximum atomic E-state index is 13.6. The van der Waals surface area contributed by atoms with Crippen molar-refractivity contribution in [3.05, 3.63) is 101 Å². The first-order valence-corrected chi connectivity index (χ1v) is 10.8. The van der Waals surface area contributed by atoms with Crippen LogP contribution >= 0.6 is 11.8 Å². The van der Waals surface area contributed by atoms with Crippen LogP contribution in [0.15, 0.2) is 83.8 Å². The number of halogens is 3. The highest BCUT2D eigenvalue weighted by Gasteiger charge is 2.59. The number of fused-ring (bicyclic) bond motifs is 3. The predicted octanol–water partition coefficient (Wildman–Crippen LogP) is 5.11. The van der Waals surface area contributed by atoms with E-state index in [9.17, 15) is 22.8 Å². The summed E-state index contributed by atoms with van der Waals surface area (Å²) in [5.41, 5.74) is -3.16. The molecule has 1 fully saturated rings. The van der Waals surface area contributed by atoms with Crippen LogP contribution in [0.2, 0.25) is 0 Å². The van der Waals surface area contributed by atoms with Gasteiger partial charge in [-0.05, 0) is 42.1 Å². The molecule has 0 saturated carbocycles. The number of amides is 2. The Morgan fingerprint density at radius 3 is 2.22 bits per heavy atom. The first-order valence-electron chi connectivity index (χ1n) is 9.97. The van der Waals surface area contributed by atoms with Crippen molar-refractivity contribution in [3.8, 4) is 0 Å². The van der Waals surface area contributed by atoms with Crippen molar-refractivity contribution in [2.24, 2.45) is 0 Å². The van der Waals surface area contributed by atoms with E-state index >= 15 is 0 Å². The minimum Gasteiger partial charge on any atom is -0.306 e. The molecule has 2 aliphatic rings. The molecule has 1 atom stereocenters. The Morgan fingerprint density at radius 1 is 0.875 bits per heavy atom. The molecule has 1 saturated heterocycles. The van der Waals surface area contributed by atoms with Crippen LogP contribution in [-0.4, -0.2) is 40.2 Å². The van der Waals surface area contributed by atoms with E-state index in [1.54, 1.807) is 21.9 Å². The van der Waals surface area contributed by atoms with Crippen LogP contribution in [0.4, 0.5) is 13.2 Å². The van der Waals surface area contributed by atoms with Crippen LogP contribution in [0, 0.1) is 0 Å². The van der Waals surface area contributed by atoms with Gasteiger partial charge in [0.05, 0.1) is 0 Å². The summed E-state index contributed by atoms with van der Waals surface area (Å²) >= 11 is -0.222. The molecule has 5 rings (SSSR count). The number of nitrogens with zero attached hydrogens (tertiary/aromatic N) is 2. The number of alkyl halides is 3. The summed E-state index contributed by atoms with van der Waals surface area (Å²) in [6, 6.07) is 22.0. The third-order valence-corrected chi connectivity index (χ3v) is 6.60. The molecule has 1 unspecified atom stereocenters. The molecule has 162 valence electrons. The van der Waals surface area contributed by atoms with Gasteiger partial charge in [0.1, 0.15) is 0 Å². The minimum absolute atomic E-state index is 0.0104. The average molecular weight is 454 g/mol. The van der Waals surface area contributed by atoms with Gasteiger partial charge in [-0.1, -0.05) is 48.5 Å². The molecule has 8 heteroatoms. The van der Waals surface area contributed by atoms with E-state index < -0.39 is 11.2 Å². The molecule has 0 radical (unpaired) electrons. The molecular weight excluding hydrogens is 437 g/mol. The lowest BCUT2D eigenvalue weighted by Crippen LogP contribution is -2.51. The predicted molar refractivity (Wildman–Crippen MR) is 114 cm³/mol. The zero-order valence-electron chi connectivity index (χ0n) is 16.7. The van der Waals surface area contributed by atoms with Gasteiger partial charge in [0.25, 0.3) is 11.8 Å². The number of rotatable bonds is 3. The van der Waals surface area contributed by atoms with Crippen molar-refractivity contribution < 1.29 is 22.8 Å². The van der Waals surface area contributed by atoms with Crippen molar-refractivity contribution >= 4 is 23.6 Å². The lowest BCUT2D eigenvalue weighted by Gasteiger charge is -2.40. The molecule has 4 nitrogen and oxygen atoms in total. The second-order valence-electron chi connectivity index (χ2n) is 7.57. The van der Waals surface area contributed by atoms with Gasteiger partial charge in [-0.15, -0.1) is 0 Å². The maximum absolute atomic E-state index is 13.6. The number of carbonyl (C=O) groups is 2. The topological polar surface area (TPSA) is 40.6 Å². The van der Waals surface area contributed by atoms with E-state index in [0.29, 0.717) is 18.7 Å². The third kappa shape index (κ3) is 3.09. The van der Waals surface area contributed by atoms with E-state index in [1.165, 1.54) is 24.3 Å². The Labute approximate surface area is 186 Å². The summed E-state index contributed by atoms with van der Waals surface area (Å²) in [6.45, 7) is 0.670. The number of benzene rings is 3. The van der Waals surface area contributed by atoms with Gasteiger partial charge in [-0.2, -0.15) is 13.2 Å². The first kappa shape index (κ1) is 20.6. The lowest BCUT2D eigenvalue weighted by molar-refractivity contribution is -0.0328. The Hall–Kier alpha value is -3.26. The number of hydrogen-bond acceptors (Lipinski definition) is 3. The molecule has 32 heavy (non-hydrogen) atoms. The Bertz CT molecular complexity index is 1200. The van der Waals surface area contributed by atoms with E-state index in [1.807, 2.05) is 42.5 Å². The highest BCUT2D eigenvalue weighted by Crippen LogP contribution is 2.50. The molecule has 2 amide bonds.